The quantitative estimate of drug-likeness (QED) is 0.345. The van der Waals surface area contributed by atoms with E-state index >= 15 is 0 Å². The largest absolute Gasteiger partial charge is 0.490 e. The molecule has 0 saturated carbocycles. The predicted octanol–water partition coefficient (Wildman–Crippen LogP) is 4.02. The van der Waals surface area contributed by atoms with E-state index in [0.717, 1.165) is 17.4 Å². The van der Waals surface area contributed by atoms with Crippen LogP contribution in [-0.4, -0.2) is 29.0 Å². The van der Waals surface area contributed by atoms with Crippen molar-refractivity contribution in [2.24, 2.45) is 7.05 Å². The summed E-state index contributed by atoms with van der Waals surface area (Å²) in [6, 6.07) is 12.4. The second-order valence-electron chi connectivity index (χ2n) is 7.94. The number of carbonyl (C=O) groups excluding carboxylic acids is 1. The molecular formula is C25H22N2O6. The SMILES string of the molecule is Cc1ccc2c(COC(=O)c3cn(C)nc3-c3ccc4c(c3)OCCCO4)cc(=O)oc2c1. The van der Waals surface area contributed by atoms with Crippen LogP contribution in [0.25, 0.3) is 22.2 Å². The van der Waals surface area contributed by atoms with Gasteiger partial charge in [-0.25, -0.2) is 9.59 Å². The Balaban J connectivity index is 1.43. The number of carbonyl (C=O) groups is 1. The summed E-state index contributed by atoms with van der Waals surface area (Å²) in [4.78, 5) is 25.0. The number of esters is 1. The smallest absolute Gasteiger partial charge is 0.342 e. The van der Waals surface area contributed by atoms with E-state index in [-0.39, 0.29) is 6.61 Å². The van der Waals surface area contributed by atoms with E-state index in [0.29, 0.717) is 52.7 Å². The van der Waals surface area contributed by atoms with Crippen molar-refractivity contribution in [2.45, 2.75) is 20.0 Å². The Kier molecular flexibility index (Phi) is 5.34. The van der Waals surface area contributed by atoms with Crippen molar-refractivity contribution in [3.63, 3.8) is 0 Å². The number of rotatable bonds is 4. The molecule has 0 spiro atoms. The number of nitrogens with zero attached hydrogens (tertiary/aromatic N) is 2. The molecule has 0 amide bonds. The molecule has 0 N–H and O–H groups in total. The molecule has 0 atom stereocenters. The lowest BCUT2D eigenvalue weighted by Gasteiger charge is -2.10. The van der Waals surface area contributed by atoms with E-state index in [1.54, 1.807) is 24.0 Å². The Hall–Kier alpha value is -4.07. The van der Waals surface area contributed by atoms with Gasteiger partial charge in [0, 0.05) is 42.2 Å². The Labute approximate surface area is 189 Å². The van der Waals surface area contributed by atoms with Crippen molar-refractivity contribution >= 4 is 16.9 Å². The third-order valence-corrected chi connectivity index (χ3v) is 5.41. The topological polar surface area (TPSA) is 92.8 Å². The zero-order valence-corrected chi connectivity index (χ0v) is 18.3. The Morgan fingerprint density at radius 1 is 1.09 bits per heavy atom. The molecule has 3 heterocycles. The highest BCUT2D eigenvalue weighted by Crippen LogP contribution is 2.35. The minimum Gasteiger partial charge on any atom is -0.490 e. The number of aryl methyl sites for hydroxylation is 2. The number of fused-ring (bicyclic) bond motifs is 2. The van der Waals surface area contributed by atoms with Gasteiger partial charge in [-0.3, -0.25) is 4.68 Å². The maximum absolute atomic E-state index is 13.0. The van der Waals surface area contributed by atoms with Crippen molar-refractivity contribution in [1.82, 2.24) is 9.78 Å². The van der Waals surface area contributed by atoms with Crippen molar-refractivity contribution in [2.75, 3.05) is 13.2 Å². The minimum absolute atomic E-state index is 0.0700. The van der Waals surface area contributed by atoms with Crippen LogP contribution in [0.1, 0.15) is 27.9 Å². The van der Waals surface area contributed by atoms with Gasteiger partial charge in [-0.2, -0.15) is 5.10 Å². The molecule has 1 aliphatic heterocycles. The third-order valence-electron chi connectivity index (χ3n) is 5.41. The van der Waals surface area contributed by atoms with Gasteiger partial charge in [0.1, 0.15) is 23.4 Å². The molecule has 5 rings (SSSR count). The molecule has 8 heteroatoms. The van der Waals surface area contributed by atoms with Gasteiger partial charge in [-0.05, 0) is 36.8 Å². The highest BCUT2D eigenvalue weighted by Gasteiger charge is 2.21. The predicted molar refractivity (Wildman–Crippen MR) is 121 cm³/mol. The number of aromatic nitrogens is 2. The zero-order chi connectivity index (χ0) is 22.9. The molecule has 33 heavy (non-hydrogen) atoms. The first-order valence-corrected chi connectivity index (χ1v) is 10.6. The first kappa shape index (κ1) is 20.8. The Morgan fingerprint density at radius 3 is 2.76 bits per heavy atom. The van der Waals surface area contributed by atoms with Crippen LogP contribution in [0, 0.1) is 6.92 Å². The normalized spacial score (nSPS) is 13.0. The summed E-state index contributed by atoms with van der Waals surface area (Å²) >= 11 is 0. The van der Waals surface area contributed by atoms with Crippen LogP contribution in [0.5, 0.6) is 11.5 Å². The molecule has 2 aromatic heterocycles. The lowest BCUT2D eigenvalue weighted by Crippen LogP contribution is -2.08. The lowest BCUT2D eigenvalue weighted by molar-refractivity contribution is 0.0474. The number of hydrogen-bond donors (Lipinski definition) is 0. The molecule has 168 valence electrons. The molecule has 4 aromatic rings. The van der Waals surface area contributed by atoms with Gasteiger partial charge in [-0.1, -0.05) is 12.1 Å². The van der Waals surface area contributed by atoms with Crippen LogP contribution < -0.4 is 15.1 Å². The van der Waals surface area contributed by atoms with E-state index in [9.17, 15) is 9.59 Å². The van der Waals surface area contributed by atoms with Crippen molar-refractivity contribution in [3.05, 3.63) is 75.8 Å². The van der Waals surface area contributed by atoms with Crippen LogP contribution in [0.2, 0.25) is 0 Å². The van der Waals surface area contributed by atoms with E-state index in [1.165, 1.54) is 6.07 Å². The summed E-state index contributed by atoms with van der Waals surface area (Å²) in [7, 11) is 1.74. The highest BCUT2D eigenvalue weighted by molar-refractivity contribution is 5.96. The molecule has 1 aliphatic rings. The second kappa shape index (κ2) is 8.46. The molecular weight excluding hydrogens is 424 g/mol. The summed E-state index contributed by atoms with van der Waals surface area (Å²) < 4.78 is 23.9. The average molecular weight is 446 g/mol. The molecule has 8 nitrogen and oxygen atoms in total. The van der Waals surface area contributed by atoms with E-state index in [2.05, 4.69) is 5.10 Å². The van der Waals surface area contributed by atoms with Crippen molar-refractivity contribution in [3.8, 4) is 22.8 Å². The second-order valence-corrected chi connectivity index (χ2v) is 7.94. The van der Waals surface area contributed by atoms with Gasteiger partial charge >= 0.3 is 11.6 Å². The Bertz CT molecular complexity index is 1420. The van der Waals surface area contributed by atoms with Crippen molar-refractivity contribution < 1.29 is 23.4 Å². The van der Waals surface area contributed by atoms with Gasteiger partial charge in [0.25, 0.3) is 0 Å². The first-order valence-electron chi connectivity index (χ1n) is 10.6. The van der Waals surface area contributed by atoms with Gasteiger partial charge in [0.2, 0.25) is 0 Å². The number of benzene rings is 2. The van der Waals surface area contributed by atoms with Gasteiger partial charge < -0.3 is 18.6 Å². The minimum atomic E-state index is -0.543. The molecule has 0 radical (unpaired) electrons. The van der Waals surface area contributed by atoms with Crippen LogP contribution in [0.15, 0.2) is 57.9 Å². The fourth-order valence-corrected chi connectivity index (χ4v) is 3.84. The molecule has 0 fully saturated rings. The van der Waals surface area contributed by atoms with Gasteiger partial charge in [0.15, 0.2) is 11.5 Å². The van der Waals surface area contributed by atoms with E-state index in [1.807, 2.05) is 37.3 Å². The summed E-state index contributed by atoms with van der Waals surface area (Å²) in [6.45, 7) is 3.00. The maximum Gasteiger partial charge on any atom is 0.342 e. The van der Waals surface area contributed by atoms with E-state index < -0.39 is 11.6 Å². The summed E-state index contributed by atoms with van der Waals surface area (Å²) in [5.74, 6) is 0.743. The fourth-order valence-electron chi connectivity index (χ4n) is 3.84. The lowest BCUT2D eigenvalue weighted by atomic mass is 10.1. The number of hydrogen-bond acceptors (Lipinski definition) is 7. The van der Waals surface area contributed by atoms with E-state index in [4.69, 9.17) is 18.6 Å². The van der Waals surface area contributed by atoms with Crippen LogP contribution in [0.4, 0.5) is 0 Å². The molecule has 0 saturated heterocycles. The molecule has 2 aromatic carbocycles. The monoisotopic (exact) mass is 446 g/mol. The Morgan fingerprint density at radius 2 is 1.91 bits per heavy atom. The molecule has 0 aliphatic carbocycles. The number of ether oxygens (including phenoxy) is 3. The highest BCUT2D eigenvalue weighted by atomic mass is 16.5. The average Bonchev–Trinajstić information content (AvgIpc) is 3.03. The van der Waals surface area contributed by atoms with Gasteiger partial charge in [0.05, 0.1) is 13.2 Å². The van der Waals surface area contributed by atoms with Crippen LogP contribution >= 0.6 is 0 Å². The molecule has 0 unspecified atom stereocenters. The summed E-state index contributed by atoms with van der Waals surface area (Å²) in [5, 5.41) is 5.18. The zero-order valence-electron chi connectivity index (χ0n) is 18.3. The van der Waals surface area contributed by atoms with Crippen LogP contribution in [-0.2, 0) is 18.4 Å². The maximum atomic E-state index is 13.0. The first-order chi connectivity index (χ1) is 16.0. The third kappa shape index (κ3) is 4.19. The van der Waals surface area contributed by atoms with Crippen LogP contribution in [0.3, 0.4) is 0 Å². The van der Waals surface area contributed by atoms with Crippen molar-refractivity contribution in [1.29, 1.82) is 0 Å². The van der Waals surface area contributed by atoms with Gasteiger partial charge in [-0.15, -0.1) is 0 Å². The molecule has 0 bridgehead atoms. The fraction of sp³-hybridized carbons (Fsp3) is 0.240. The standard InChI is InChI=1S/C25H22N2O6/c1-15-4-6-18-17(12-23(28)33-21(18)10-15)14-32-25(29)19-13-27(2)26-24(19)16-5-7-20-22(11-16)31-9-3-8-30-20/h4-7,10-13H,3,8-9,14H2,1-2H3. The summed E-state index contributed by atoms with van der Waals surface area (Å²) in [6.07, 6.45) is 2.42. The summed E-state index contributed by atoms with van der Waals surface area (Å²) in [5.41, 5.74) is 3.02.